The van der Waals surface area contributed by atoms with Crippen molar-refractivity contribution in [3.05, 3.63) is 64.7 Å². The number of phenols is 1. The number of nitrogens with one attached hydrogen (secondary N) is 1. The summed E-state index contributed by atoms with van der Waals surface area (Å²) in [7, 11) is 0. The van der Waals surface area contributed by atoms with Crippen LogP contribution in [0.2, 0.25) is 0 Å². The van der Waals surface area contributed by atoms with Gasteiger partial charge in [0, 0.05) is 25.2 Å². The number of nitrogens with zero attached hydrogens (tertiary/aromatic N) is 1. The molecule has 0 unspecified atom stereocenters. The van der Waals surface area contributed by atoms with Gasteiger partial charge in [-0.2, -0.15) is 0 Å². The summed E-state index contributed by atoms with van der Waals surface area (Å²) in [4.78, 5) is 14.6. The highest BCUT2D eigenvalue weighted by atomic mass is 16.3. The van der Waals surface area contributed by atoms with Gasteiger partial charge in [0.15, 0.2) is 0 Å². The fourth-order valence-corrected chi connectivity index (χ4v) is 3.39. The van der Waals surface area contributed by atoms with E-state index in [2.05, 4.69) is 42.3 Å². The zero-order valence-corrected chi connectivity index (χ0v) is 15.0. The molecular formula is C21H26N2O2. The van der Waals surface area contributed by atoms with Crippen molar-refractivity contribution in [3.63, 3.8) is 0 Å². The van der Waals surface area contributed by atoms with Crippen molar-refractivity contribution >= 4 is 5.91 Å². The Morgan fingerprint density at radius 3 is 2.72 bits per heavy atom. The molecule has 1 atom stereocenters. The molecule has 1 amide bonds. The molecule has 1 heterocycles. The van der Waals surface area contributed by atoms with Gasteiger partial charge in [-0.1, -0.05) is 23.8 Å². The highest BCUT2D eigenvalue weighted by molar-refractivity contribution is 5.94. The number of benzene rings is 2. The number of amides is 1. The molecule has 0 bridgehead atoms. The summed E-state index contributed by atoms with van der Waals surface area (Å²) in [6.07, 6.45) is 1.11. The molecule has 1 fully saturated rings. The van der Waals surface area contributed by atoms with Crippen molar-refractivity contribution in [1.82, 2.24) is 10.2 Å². The van der Waals surface area contributed by atoms with E-state index in [9.17, 15) is 9.90 Å². The molecule has 4 nitrogen and oxygen atoms in total. The monoisotopic (exact) mass is 338 g/mol. The largest absolute Gasteiger partial charge is 0.508 e. The predicted molar refractivity (Wildman–Crippen MR) is 99.7 cm³/mol. The van der Waals surface area contributed by atoms with Gasteiger partial charge < -0.3 is 10.4 Å². The van der Waals surface area contributed by atoms with Crippen molar-refractivity contribution < 1.29 is 9.90 Å². The first-order valence-corrected chi connectivity index (χ1v) is 8.87. The second-order valence-corrected chi connectivity index (χ2v) is 7.08. The smallest absolute Gasteiger partial charge is 0.251 e. The van der Waals surface area contributed by atoms with E-state index < -0.39 is 0 Å². The highest BCUT2D eigenvalue weighted by Gasteiger charge is 2.23. The molecule has 2 aromatic rings. The first kappa shape index (κ1) is 17.5. The van der Waals surface area contributed by atoms with E-state index in [1.807, 2.05) is 0 Å². The van der Waals surface area contributed by atoms with Crippen molar-refractivity contribution in [2.45, 2.75) is 26.8 Å². The van der Waals surface area contributed by atoms with Gasteiger partial charge in [0.05, 0.1) is 0 Å². The first-order chi connectivity index (χ1) is 12.0. The lowest BCUT2D eigenvalue weighted by atomic mass is 10.1. The van der Waals surface area contributed by atoms with E-state index in [1.54, 1.807) is 12.1 Å². The van der Waals surface area contributed by atoms with Crippen LogP contribution in [-0.2, 0) is 6.54 Å². The fourth-order valence-electron chi connectivity index (χ4n) is 3.39. The van der Waals surface area contributed by atoms with Gasteiger partial charge in [0.1, 0.15) is 5.75 Å². The lowest BCUT2D eigenvalue weighted by Gasteiger charge is -2.18. The minimum atomic E-state index is -0.0759. The van der Waals surface area contributed by atoms with Crippen LogP contribution in [0.1, 0.15) is 33.5 Å². The zero-order valence-electron chi connectivity index (χ0n) is 15.0. The number of rotatable bonds is 5. The van der Waals surface area contributed by atoms with Gasteiger partial charge in [-0.3, -0.25) is 9.69 Å². The molecule has 1 aliphatic heterocycles. The van der Waals surface area contributed by atoms with E-state index in [-0.39, 0.29) is 11.7 Å². The highest BCUT2D eigenvalue weighted by Crippen LogP contribution is 2.20. The number of carbonyl (C=O) groups is 1. The van der Waals surface area contributed by atoms with Crippen LogP contribution in [0.4, 0.5) is 0 Å². The number of phenolic OH excluding ortho intramolecular Hbond substituents is 1. The van der Waals surface area contributed by atoms with Gasteiger partial charge >= 0.3 is 0 Å². The maximum absolute atomic E-state index is 12.2. The summed E-state index contributed by atoms with van der Waals surface area (Å²) in [5.74, 6) is 0.591. The van der Waals surface area contributed by atoms with Gasteiger partial charge in [0.25, 0.3) is 5.91 Å². The Kier molecular flexibility index (Phi) is 5.39. The molecule has 4 heteroatoms. The maximum Gasteiger partial charge on any atom is 0.251 e. The molecular weight excluding hydrogens is 312 g/mol. The standard InChI is InChI=1S/C21H26N2O2/c1-15-3-4-16(2)19(11-15)14-23-10-9-17(13-23)12-22-21(25)18-5-7-20(24)8-6-18/h3-8,11,17,24H,9-10,12-14H2,1-2H3,(H,22,25)/t17-/m1/s1. The quantitative estimate of drug-likeness (QED) is 0.880. The molecule has 0 saturated carbocycles. The molecule has 0 spiro atoms. The Morgan fingerprint density at radius 1 is 1.20 bits per heavy atom. The normalized spacial score (nSPS) is 17.6. The van der Waals surface area contributed by atoms with Gasteiger partial charge in [-0.15, -0.1) is 0 Å². The third-order valence-corrected chi connectivity index (χ3v) is 4.95. The fraction of sp³-hybridized carbons (Fsp3) is 0.381. The Labute approximate surface area is 149 Å². The van der Waals surface area contributed by atoms with E-state index >= 15 is 0 Å². The van der Waals surface area contributed by atoms with Crippen LogP contribution in [-0.4, -0.2) is 35.5 Å². The molecule has 132 valence electrons. The Bertz CT molecular complexity index is 740. The lowest BCUT2D eigenvalue weighted by Crippen LogP contribution is -2.31. The van der Waals surface area contributed by atoms with Crippen molar-refractivity contribution in [2.24, 2.45) is 5.92 Å². The lowest BCUT2D eigenvalue weighted by molar-refractivity contribution is 0.0947. The zero-order chi connectivity index (χ0) is 17.8. The molecule has 0 aliphatic carbocycles. The van der Waals surface area contributed by atoms with E-state index in [4.69, 9.17) is 0 Å². The molecule has 0 aromatic heterocycles. The minimum Gasteiger partial charge on any atom is -0.508 e. The van der Waals surface area contributed by atoms with Crippen LogP contribution in [0.5, 0.6) is 5.75 Å². The topological polar surface area (TPSA) is 52.6 Å². The Hall–Kier alpha value is -2.33. The second kappa shape index (κ2) is 7.70. The number of hydrogen-bond acceptors (Lipinski definition) is 3. The Morgan fingerprint density at radius 2 is 1.96 bits per heavy atom. The van der Waals surface area contributed by atoms with E-state index in [1.165, 1.54) is 28.8 Å². The number of carbonyl (C=O) groups excluding carboxylic acids is 1. The average Bonchev–Trinajstić information content (AvgIpc) is 3.04. The minimum absolute atomic E-state index is 0.0759. The molecule has 3 rings (SSSR count). The summed E-state index contributed by atoms with van der Waals surface area (Å²) in [6, 6.07) is 13.0. The van der Waals surface area contributed by atoms with E-state index in [0.717, 1.165) is 26.1 Å². The number of aromatic hydroxyl groups is 1. The molecule has 2 N–H and O–H groups in total. The van der Waals surface area contributed by atoms with Crippen LogP contribution in [0.15, 0.2) is 42.5 Å². The molecule has 2 aromatic carbocycles. The predicted octanol–water partition coefficient (Wildman–Crippen LogP) is 3.26. The van der Waals surface area contributed by atoms with Gasteiger partial charge in [-0.05, 0) is 68.1 Å². The SMILES string of the molecule is Cc1ccc(C)c(CN2CC[C@H](CNC(=O)c3ccc(O)cc3)C2)c1. The van der Waals surface area contributed by atoms with Gasteiger partial charge in [0.2, 0.25) is 0 Å². The maximum atomic E-state index is 12.2. The van der Waals surface area contributed by atoms with Crippen molar-refractivity contribution in [2.75, 3.05) is 19.6 Å². The third-order valence-electron chi connectivity index (χ3n) is 4.95. The molecule has 1 saturated heterocycles. The number of hydrogen-bond donors (Lipinski definition) is 2. The van der Waals surface area contributed by atoms with Crippen LogP contribution in [0, 0.1) is 19.8 Å². The summed E-state index contributed by atoms with van der Waals surface area (Å²) in [6.45, 7) is 8.07. The summed E-state index contributed by atoms with van der Waals surface area (Å²) < 4.78 is 0. The average molecular weight is 338 g/mol. The molecule has 25 heavy (non-hydrogen) atoms. The first-order valence-electron chi connectivity index (χ1n) is 8.87. The van der Waals surface area contributed by atoms with Crippen LogP contribution < -0.4 is 5.32 Å². The van der Waals surface area contributed by atoms with Crippen LogP contribution in [0.25, 0.3) is 0 Å². The molecule has 0 radical (unpaired) electrons. The molecule has 1 aliphatic rings. The van der Waals surface area contributed by atoms with E-state index in [0.29, 0.717) is 18.0 Å². The summed E-state index contributed by atoms with van der Waals surface area (Å²) in [5, 5.41) is 12.3. The summed E-state index contributed by atoms with van der Waals surface area (Å²) in [5.41, 5.74) is 4.63. The van der Waals surface area contributed by atoms with Gasteiger partial charge in [-0.25, -0.2) is 0 Å². The third kappa shape index (κ3) is 4.60. The second-order valence-electron chi connectivity index (χ2n) is 7.08. The van der Waals surface area contributed by atoms with Crippen LogP contribution in [0.3, 0.4) is 0 Å². The van der Waals surface area contributed by atoms with Crippen molar-refractivity contribution in [3.8, 4) is 5.75 Å². The Balaban J connectivity index is 1.49. The number of likely N-dealkylation sites (tertiary alicyclic amines) is 1. The van der Waals surface area contributed by atoms with Crippen molar-refractivity contribution in [1.29, 1.82) is 0 Å². The summed E-state index contributed by atoms with van der Waals surface area (Å²) >= 11 is 0. The van der Waals surface area contributed by atoms with Crippen LogP contribution >= 0.6 is 0 Å². The number of aryl methyl sites for hydroxylation is 2.